The summed E-state index contributed by atoms with van der Waals surface area (Å²) in [5.41, 5.74) is 7.46. The molecule has 1 heterocycles. The van der Waals surface area contributed by atoms with Crippen LogP contribution in [0.4, 0.5) is 0 Å². The summed E-state index contributed by atoms with van der Waals surface area (Å²) in [5.74, 6) is 1.41. The molecule has 0 radical (unpaired) electrons. The number of nitrogens with two attached hydrogens (primary N) is 1. The summed E-state index contributed by atoms with van der Waals surface area (Å²) >= 11 is 1.56. The fraction of sp³-hybridized carbons (Fsp3) is 0.250. The third kappa shape index (κ3) is 3.98. The van der Waals surface area contributed by atoms with E-state index in [9.17, 15) is 0 Å². The van der Waals surface area contributed by atoms with E-state index in [2.05, 4.69) is 4.98 Å². The van der Waals surface area contributed by atoms with Crippen molar-refractivity contribution < 1.29 is 9.47 Å². The lowest BCUT2D eigenvalue weighted by molar-refractivity contribution is 0.355. The SMILES string of the molecule is COc1ccc(-c2csc(CN)n2)cc1OC.Cl.Cl. The Balaban J connectivity index is 0.00000162. The maximum Gasteiger partial charge on any atom is 0.161 e. The zero-order valence-electron chi connectivity index (χ0n) is 10.6. The van der Waals surface area contributed by atoms with Crippen LogP contribution in [0.25, 0.3) is 11.3 Å². The maximum absolute atomic E-state index is 5.55. The second-order valence-electron chi connectivity index (χ2n) is 3.40. The summed E-state index contributed by atoms with van der Waals surface area (Å²) < 4.78 is 10.4. The van der Waals surface area contributed by atoms with E-state index in [1.807, 2.05) is 23.6 Å². The van der Waals surface area contributed by atoms with Crippen molar-refractivity contribution in [2.75, 3.05) is 14.2 Å². The highest BCUT2D eigenvalue weighted by Crippen LogP contribution is 2.32. The summed E-state index contributed by atoms with van der Waals surface area (Å²) in [4.78, 5) is 4.43. The van der Waals surface area contributed by atoms with Gasteiger partial charge in [0.05, 0.1) is 19.9 Å². The third-order valence-electron chi connectivity index (χ3n) is 2.41. The predicted octanol–water partition coefficient (Wildman–Crippen LogP) is 3.13. The average molecular weight is 323 g/mol. The lowest BCUT2D eigenvalue weighted by Crippen LogP contribution is -1.95. The molecule has 1 aromatic carbocycles. The van der Waals surface area contributed by atoms with E-state index in [0.717, 1.165) is 16.3 Å². The van der Waals surface area contributed by atoms with Gasteiger partial charge < -0.3 is 15.2 Å². The topological polar surface area (TPSA) is 57.4 Å². The Bertz CT molecular complexity index is 520. The zero-order chi connectivity index (χ0) is 12.3. The summed E-state index contributed by atoms with van der Waals surface area (Å²) in [5, 5.41) is 2.92. The molecule has 0 atom stereocenters. The molecule has 0 spiro atoms. The van der Waals surface area contributed by atoms with Crippen LogP contribution in [0.15, 0.2) is 23.6 Å². The van der Waals surface area contributed by atoms with Crippen LogP contribution in [0, 0.1) is 0 Å². The molecule has 7 heteroatoms. The van der Waals surface area contributed by atoms with Crippen LogP contribution in [-0.4, -0.2) is 19.2 Å². The molecule has 0 aliphatic rings. The van der Waals surface area contributed by atoms with Gasteiger partial charge in [-0.15, -0.1) is 36.2 Å². The number of thiazole rings is 1. The lowest BCUT2D eigenvalue weighted by atomic mass is 10.1. The first-order valence-electron chi connectivity index (χ1n) is 5.15. The number of halogens is 2. The first kappa shape index (κ1) is 18.0. The molecule has 2 aromatic rings. The largest absolute Gasteiger partial charge is 0.493 e. The number of aromatic nitrogens is 1. The summed E-state index contributed by atoms with van der Waals surface area (Å²) in [7, 11) is 3.24. The molecule has 0 aliphatic heterocycles. The molecule has 0 saturated carbocycles. The number of hydrogen-bond donors (Lipinski definition) is 1. The van der Waals surface area contributed by atoms with Gasteiger partial charge in [-0.05, 0) is 18.2 Å². The molecule has 0 fully saturated rings. The quantitative estimate of drug-likeness (QED) is 0.939. The van der Waals surface area contributed by atoms with Crippen molar-refractivity contribution in [1.29, 1.82) is 0 Å². The van der Waals surface area contributed by atoms with Gasteiger partial charge in [-0.1, -0.05) is 0 Å². The summed E-state index contributed by atoms with van der Waals surface area (Å²) in [6.07, 6.45) is 0. The highest BCUT2D eigenvalue weighted by atomic mass is 35.5. The van der Waals surface area contributed by atoms with Crippen molar-refractivity contribution in [2.24, 2.45) is 5.73 Å². The number of benzene rings is 1. The minimum absolute atomic E-state index is 0. The molecule has 0 bridgehead atoms. The van der Waals surface area contributed by atoms with E-state index in [1.54, 1.807) is 25.6 Å². The number of methoxy groups -OCH3 is 2. The normalized spacial score (nSPS) is 9.21. The molecule has 0 unspecified atom stereocenters. The minimum atomic E-state index is 0. The molecule has 4 nitrogen and oxygen atoms in total. The average Bonchev–Trinajstić information content (AvgIpc) is 2.86. The van der Waals surface area contributed by atoms with Crippen molar-refractivity contribution >= 4 is 36.2 Å². The molecule has 1 aromatic heterocycles. The van der Waals surface area contributed by atoms with Crippen LogP contribution < -0.4 is 15.2 Å². The lowest BCUT2D eigenvalue weighted by Gasteiger charge is -2.08. The number of ether oxygens (including phenoxy) is 2. The van der Waals surface area contributed by atoms with Crippen molar-refractivity contribution in [1.82, 2.24) is 4.98 Å². The Morgan fingerprint density at radius 2 is 1.84 bits per heavy atom. The highest BCUT2D eigenvalue weighted by molar-refractivity contribution is 7.09. The van der Waals surface area contributed by atoms with Gasteiger partial charge in [0.15, 0.2) is 11.5 Å². The Labute approximate surface area is 128 Å². The molecule has 19 heavy (non-hydrogen) atoms. The van der Waals surface area contributed by atoms with Crippen molar-refractivity contribution in [3.05, 3.63) is 28.6 Å². The highest BCUT2D eigenvalue weighted by Gasteiger charge is 2.08. The van der Waals surface area contributed by atoms with Crippen LogP contribution in [-0.2, 0) is 6.54 Å². The Kier molecular flexibility index (Phi) is 7.78. The Morgan fingerprint density at radius 1 is 1.16 bits per heavy atom. The summed E-state index contributed by atoms with van der Waals surface area (Å²) in [6.45, 7) is 0.470. The van der Waals surface area contributed by atoms with Gasteiger partial charge in [-0.2, -0.15) is 0 Å². The Hall–Kier alpha value is -1.01. The van der Waals surface area contributed by atoms with Crippen molar-refractivity contribution in [3.8, 4) is 22.8 Å². The maximum atomic E-state index is 5.55. The number of hydrogen-bond acceptors (Lipinski definition) is 5. The van der Waals surface area contributed by atoms with E-state index in [4.69, 9.17) is 15.2 Å². The standard InChI is InChI=1S/C12H14N2O2S.2ClH/c1-15-10-4-3-8(5-11(10)16-2)9-7-17-12(6-13)14-9;;/h3-5,7H,6,13H2,1-2H3;2*1H. The zero-order valence-corrected chi connectivity index (χ0v) is 13.0. The van der Waals surface area contributed by atoms with Crippen molar-refractivity contribution in [2.45, 2.75) is 6.54 Å². The molecule has 0 aliphatic carbocycles. The fourth-order valence-electron chi connectivity index (χ4n) is 1.53. The van der Waals surface area contributed by atoms with E-state index in [-0.39, 0.29) is 24.8 Å². The van der Waals surface area contributed by atoms with Gasteiger partial charge in [0.1, 0.15) is 5.01 Å². The first-order valence-corrected chi connectivity index (χ1v) is 6.03. The molecule has 0 saturated heterocycles. The molecule has 2 rings (SSSR count). The van der Waals surface area contributed by atoms with Crippen LogP contribution in [0.1, 0.15) is 5.01 Å². The van der Waals surface area contributed by atoms with E-state index in [0.29, 0.717) is 18.0 Å². The predicted molar refractivity (Wildman–Crippen MR) is 83.0 cm³/mol. The van der Waals surface area contributed by atoms with E-state index < -0.39 is 0 Å². The molecule has 2 N–H and O–H groups in total. The number of rotatable bonds is 4. The smallest absolute Gasteiger partial charge is 0.161 e. The van der Waals surface area contributed by atoms with E-state index >= 15 is 0 Å². The van der Waals surface area contributed by atoms with Gasteiger partial charge in [-0.3, -0.25) is 0 Å². The van der Waals surface area contributed by atoms with Crippen LogP contribution in [0.5, 0.6) is 11.5 Å². The van der Waals surface area contributed by atoms with Crippen molar-refractivity contribution in [3.63, 3.8) is 0 Å². The monoisotopic (exact) mass is 322 g/mol. The van der Waals surface area contributed by atoms with Crippen LogP contribution in [0.3, 0.4) is 0 Å². The number of nitrogens with zero attached hydrogens (tertiary/aromatic N) is 1. The van der Waals surface area contributed by atoms with Gasteiger partial charge >= 0.3 is 0 Å². The van der Waals surface area contributed by atoms with Gasteiger partial charge in [0, 0.05) is 17.5 Å². The van der Waals surface area contributed by atoms with Gasteiger partial charge in [0.2, 0.25) is 0 Å². The third-order valence-corrected chi connectivity index (χ3v) is 3.28. The molecule has 106 valence electrons. The van der Waals surface area contributed by atoms with Gasteiger partial charge in [-0.25, -0.2) is 4.98 Å². The second-order valence-corrected chi connectivity index (χ2v) is 4.34. The van der Waals surface area contributed by atoms with Crippen LogP contribution >= 0.6 is 36.2 Å². The fourth-order valence-corrected chi connectivity index (χ4v) is 2.22. The van der Waals surface area contributed by atoms with Crippen LogP contribution in [0.2, 0.25) is 0 Å². The second kappa shape index (κ2) is 8.22. The minimum Gasteiger partial charge on any atom is -0.493 e. The molecule has 0 amide bonds. The Morgan fingerprint density at radius 3 is 2.37 bits per heavy atom. The van der Waals surface area contributed by atoms with Gasteiger partial charge in [0.25, 0.3) is 0 Å². The molecular formula is C12H16Cl2N2O2S. The molecular weight excluding hydrogens is 307 g/mol. The van der Waals surface area contributed by atoms with E-state index in [1.165, 1.54) is 0 Å². The first-order chi connectivity index (χ1) is 8.28. The summed E-state index contributed by atoms with van der Waals surface area (Å²) in [6, 6.07) is 5.74.